The van der Waals surface area contributed by atoms with Gasteiger partial charge in [0.05, 0.1) is 37.2 Å². The summed E-state index contributed by atoms with van der Waals surface area (Å²) in [5.74, 6) is 0.508. The maximum Gasteiger partial charge on any atom is 0.257 e. The molecular weight excluding hydrogens is 360 g/mol. The van der Waals surface area contributed by atoms with Crippen LogP contribution in [0.1, 0.15) is 40.7 Å². The number of aromatic nitrogens is 4. The lowest BCUT2D eigenvalue weighted by Gasteiger charge is -2.30. The Balaban J connectivity index is 1.57. The Kier molecular flexibility index (Phi) is 5.17. The number of aryl methyl sites for hydroxylation is 1. The fourth-order valence-corrected chi connectivity index (χ4v) is 3.79. The van der Waals surface area contributed by atoms with E-state index >= 15 is 0 Å². The van der Waals surface area contributed by atoms with E-state index in [1.807, 2.05) is 16.5 Å². The Bertz CT molecular complexity index is 928. The molecule has 9 nitrogen and oxygen atoms in total. The van der Waals surface area contributed by atoms with Crippen LogP contribution in [-0.4, -0.2) is 63.4 Å². The third-order valence-electron chi connectivity index (χ3n) is 5.43. The minimum absolute atomic E-state index is 0.0551. The first-order chi connectivity index (χ1) is 13.6. The lowest BCUT2D eigenvalue weighted by atomic mass is 10.1. The van der Waals surface area contributed by atoms with E-state index in [0.29, 0.717) is 68.6 Å². The molecule has 2 aliphatic heterocycles. The third kappa shape index (κ3) is 3.42. The maximum atomic E-state index is 13.1. The number of amides is 1. The number of aromatic amines is 1. The molecule has 0 atom stereocenters. The van der Waals surface area contributed by atoms with Crippen molar-refractivity contribution < 1.29 is 9.53 Å². The van der Waals surface area contributed by atoms with Crippen molar-refractivity contribution in [3.63, 3.8) is 0 Å². The van der Waals surface area contributed by atoms with Gasteiger partial charge in [-0.3, -0.25) is 19.3 Å². The number of carbonyl (C=O) groups is 1. The van der Waals surface area contributed by atoms with Crippen LogP contribution in [0.25, 0.3) is 0 Å². The zero-order valence-corrected chi connectivity index (χ0v) is 16.4. The van der Waals surface area contributed by atoms with Crippen molar-refractivity contribution in [1.82, 2.24) is 24.6 Å². The highest BCUT2D eigenvalue weighted by atomic mass is 16.5. The van der Waals surface area contributed by atoms with Gasteiger partial charge in [-0.25, -0.2) is 4.98 Å². The van der Waals surface area contributed by atoms with Gasteiger partial charge in [-0.05, 0) is 19.8 Å². The van der Waals surface area contributed by atoms with E-state index < -0.39 is 0 Å². The summed E-state index contributed by atoms with van der Waals surface area (Å²) < 4.78 is 7.24. The highest BCUT2D eigenvalue weighted by Gasteiger charge is 2.28. The highest BCUT2D eigenvalue weighted by molar-refractivity contribution is 5.95. The van der Waals surface area contributed by atoms with E-state index in [9.17, 15) is 9.59 Å². The Hall–Kier alpha value is -2.68. The number of ether oxygens (including phenoxy) is 1. The summed E-state index contributed by atoms with van der Waals surface area (Å²) in [5.41, 5.74) is 2.76. The average Bonchev–Trinajstić information content (AvgIpc) is 3.08. The smallest absolute Gasteiger partial charge is 0.257 e. The standard InChI is InChI=1S/C19H26N6O3/c1-3-5-25-13(2)15(11-20-25)18(27)24-6-4-14-16(12-24)21-19(22-17(14)26)23-7-9-28-10-8-23/h11H,3-10,12H2,1-2H3,(H,21,22,26). The van der Waals surface area contributed by atoms with Gasteiger partial charge in [0, 0.05) is 37.4 Å². The molecule has 4 heterocycles. The number of morpholine rings is 1. The van der Waals surface area contributed by atoms with Gasteiger partial charge in [-0.2, -0.15) is 5.10 Å². The second-order valence-corrected chi connectivity index (χ2v) is 7.26. The number of carbonyl (C=O) groups excluding carboxylic acids is 1. The molecule has 0 aromatic carbocycles. The second-order valence-electron chi connectivity index (χ2n) is 7.26. The predicted octanol–water partition coefficient (Wildman–Crippen LogP) is 0.720. The number of H-pyrrole nitrogens is 1. The van der Waals surface area contributed by atoms with Gasteiger partial charge in [-0.1, -0.05) is 6.92 Å². The Labute approximate surface area is 163 Å². The first kappa shape index (κ1) is 18.7. The molecule has 0 bridgehead atoms. The number of hydrogen-bond acceptors (Lipinski definition) is 6. The summed E-state index contributed by atoms with van der Waals surface area (Å²) in [7, 11) is 0. The number of nitrogens with zero attached hydrogens (tertiary/aromatic N) is 5. The predicted molar refractivity (Wildman–Crippen MR) is 104 cm³/mol. The van der Waals surface area contributed by atoms with Gasteiger partial charge in [-0.15, -0.1) is 0 Å². The van der Waals surface area contributed by atoms with Crippen LogP contribution in [0.15, 0.2) is 11.0 Å². The monoisotopic (exact) mass is 386 g/mol. The topological polar surface area (TPSA) is 96.3 Å². The molecule has 0 unspecified atom stereocenters. The number of nitrogens with one attached hydrogen (secondary N) is 1. The maximum absolute atomic E-state index is 13.1. The van der Waals surface area contributed by atoms with Crippen molar-refractivity contribution in [3.05, 3.63) is 39.1 Å². The molecule has 4 rings (SSSR count). The number of fused-ring (bicyclic) bond motifs is 1. The van der Waals surface area contributed by atoms with Gasteiger partial charge in [0.15, 0.2) is 0 Å². The zero-order valence-electron chi connectivity index (χ0n) is 16.4. The molecule has 0 radical (unpaired) electrons. The SMILES string of the molecule is CCCn1ncc(C(=O)N2CCc3c(nc(N4CCOCC4)[nH]c3=O)C2)c1C. The molecule has 1 N–H and O–H groups in total. The van der Waals surface area contributed by atoms with Crippen LogP contribution in [0.3, 0.4) is 0 Å². The van der Waals surface area contributed by atoms with Crippen LogP contribution >= 0.6 is 0 Å². The average molecular weight is 386 g/mol. The highest BCUT2D eigenvalue weighted by Crippen LogP contribution is 2.20. The number of anilines is 1. The Morgan fingerprint density at radius 1 is 1.29 bits per heavy atom. The van der Waals surface area contributed by atoms with E-state index in [2.05, 4.69) is 22.0 Å². The normalized spacial score (nSPS) is 16.9. The van der Waals surface area contributed by atoms with Crippen molar-refractivity contribution in [1.29, 1.82) is 0 Å². The van der Waals surface area contributed by atoms with Crippen LogP contribution in [-0.2, 0) is 24.2 Å². The summed E-state index contributed by atoms with van der Waals surface area (Å²) in [6, 6.07) is 0. The van der Waals surface area contributed by atoms with E-state index in [1.165, 1.54) is 0 Å². The van der Waals surface area contributed by atoms with Crippen molar-refractivity contribution in [3.8, 4) is 0 Å². The summed E-state index contributed by atoms with van der Waals surface area (Å²) in [4.78, 5) is 36.9. The van der Waals surface area contributed by atoms with Crippen molar-refractivity contribution in [2.24, 2.45) is 0 Å². The van der Waals surface area contributed by atoms with Crippen LogP contribution in [0, 0.1) is 6.92 Å². The first-order valence-corrected chi connectivity index (χ1v) is 9.85. The summed E-state index contributed by atoms with van der Waals surface area (Å²) in [6.07, 6.45) is 3.12. The van der Waals surface area contributed by atoms with Crippen LogP contribution in [0.4, 0.5) is 5.95 Å². The van der Waals surface area contributed by atoms with Crippen LogP contribution in [0.2, 0.25) is 0 Å². The minimum Gasteiger partial charge on any atom is -0.378 e. The van der Waals surface area contributed by atoms with E-state index in [0.717, 1.165) is 18.7 Å². The fourth-order valence-electron chi connectivity index (χ4n) is 3.79. The number of hydrogen-bond donors (Lipinski definition) is 1. The first-order valence-electron chi connectivity index (χ1n) is 9.85. The molecular formula is C19H26N6O3. The van der Waals surface area contributed by atoms with E-state index in [-0.39, 0.29) is 11.5 Å². The fraction of sp³-hybridized carbons (Fsp3) is 0.579. The third-order valence-corrected chi connectivity index (χ3v) is 5.43. The second kappa shape index (κ2) is 7.75. The van der Waals surface area contributed by atoms with Gasteiger partial charge in [0.1, 0.15) is 0 Å². The Morgan fingerprint density at radius 2 is 2.07 bits per heavy atom. The lowest BCUT2D eigenvalue weighted by Crippen LogP contribution is -2.42. The molecule has 28 heavy (non-hydrogen) atoms. The Morgan fingerprint density at radius 3 is 2.82 bits per heavy atom. The molecule has 0 saturated carbocycles. The van der Waals surface area contributed by atoms with E-state index in [4.69, 9.17) is 4.74 Å². The minimum atomic E-state index is -0.106. The van der Waals surface area contributed by atoms with E-state index in [1.54, 1.807) is 11.1 Å². The molecule has 2 aromatic rings. The zero-order chi connectivity index (χ0) is 19.7. The molecule has 2 aliphatic rings. The van der Waals surface area contributed by atoms with Gasteiger partial charge in [0.2, 0.25) is 5.95 Å². The summed E-state index contributed by atoms with van der Waals surface area (Å²) in [5, 5.41) is 4.34. The molecule has 9 heteroatoms. The quantitative estimate of drug-likeness (QED) is 0.832. The molecule has 1 saturated heterocycles. The van der Waals surface area contributed by atoms with Crippen molar-refractivity contribution in [2.75, 3.05) is 37.7 Å². The molecule has 150 valence electrons. The molecule has 1 amide bonds. The molecule has 0 spiro atoms. The lowest BCUT2D eigenvalue weighted by molar-refractivity contribution is 0.0730. The molecule has 1 fully saturated rings. The van der Waals surface area contributed by atoms with Crippen LogP contribution in [0.5, 0.6) is 0 Å². The summed E-state index contributed by atoms with van der Waals surface area (Å²) >= 11 is 0. The van der Waals surface area contributed by atoms with Gasteiger partial charge >= 0.3 is 0 Å². The van der Waals surface area contributed by atoms with Crippen LogP contribution < -0.4 is 10.5 Å². The van der Waals surface area contributed by atoms with Crippen molar-refractivity contribution in [2.45, 2.75) is 39.8 Å². The molecule has 2 aromatic heterocycles. The number of rotatable bonds is 4. The molecule has 0 aliphatic carbocycles. The summed E-state index contributed by atoms with van der Waals surface area (Å²) in [6.45, 7) is 8.27. The largest absolute Gasteiger partial charge is 0.378 e. The van der Waals surface area contributed by atoms with Gasteiger partial charge in [0.25, 0.3) is 11.5 Å². The van der Waals surface area contributed by atoms with Gasteiger partial charge < -0.3 is 14.5 Å². The van der Waals surface area contributed by atoms with Crippen molar-refractivity contribution >= 4 is 11.9 Å².